The van der Waals surface area contributed by atoms with Crippen molar-refractivity contribution >= 4 is 23.7 Å². The molecule has 0 aliphatic rings. The summed E-state index contributed by atoms with van der Waals surface area (Å²) in [6.07, 6.45) is 1.85. The quantitative estimate of drug-likeness (QED) is 0.482. The van der Waals surface area contributed by atoms with Crippen molar-refractivity contribution in [3.8, 4) is 0 Å². The third-order valence-corrected chi connectivity index (χ3v) is 2.70. The fraction of sp³-hybridized carbons (Fsp3) is 0.778. The van der Waals surface area contributed by atoms with Gasteiger partial charge in [-0.15, -0.1) is 0 Å². The summed E-state index contributed by atoms with van der Waals surface area (Å²) >= 11 is 1.71. The number of carboxylic acid groups (broad SMARTS) is 2. The van der Waals surface area contributed by atoms with Gasteiger partial charge in [0.1, 0.15) is 0 Å². The molecule has 0 heterocycles. The average Bonchev–Trinajstić information content (AvgIpc) is 2.14. The molecule has 0 radical (unpaired) electrons. The summed E-state index contributed by atoms with van der Waals surface area (Å²) in [7, 11) is 0. The summed E-state index contributed by atoms with van der Waals surface area (Å²) in [6.45, 7) is 0.676. The molecule has 0 saturated carbocycles. The van der Waals surface area contributed by atoms with Gasteiger partial charge in [0.15, 0.2) is 0 Å². The molecule has 15 heavy (non-hydrogen) atoms. The van der Waals surface area contributed by atoms with Crippen molar-refractivity contribution in [2.75, 3.05) is 24.6 Å². The normalized spacial score (nSPS) is 10.1. The number of thioether (sulfide) groups is 1. The fourth-order valence-electron chi connectivity index (χ4n) is 0.922. The van der Waals surface area contributed by atoms with Crippen LogP contribution in [-0.4, -0.2) is 46.7 Å². The number of unbranched alkanes of at least 4 members (excludes halogenated alkanes) is 1. The molecule has 0 bridgehead atoms. The van der Waals surface area contributed by atoms with Crippen molar-refractivity contribution in [2.45, 2.75) is 19.3 Å². The highest BCUT2D eigenvalue weighted by molar-refractivity contribution is 7.99. The van der Waals surface area contributed by atoms with E-state index in [2.05, 4.69) is 5.32 Å². The van der Waals surface area contributed by atoms with Crippen LogP contribution in [0.4, 0.5) is 0 Å². The lowest BCUT2D eigenvalue weighted by Crippen LogP contribution is -2.24. The van der Waals surface area contributed by atoms with E-state index >= 15 is 0 Å². The maximum absolute atomic E-state index is 10.2. The number of nitrogens with one attached hydrogen (secondary N) is 1. The highest BCUT2D eigenvalue weighted by Gasteiger charge is 1.97. The molecule has 0 atom stereocenters. The van der Waals surface area contributed by atoms with Gasteiger partial charge in [0.05, 0.1) is 6.54 Å². The standard InChI is InChI=1S/C9H17NO4S/c11-8(12)3-1-2-5-15-6-4-10-7-9(13)14/h10H,1-7H2,(H,11,12)(H,13,14). The molecule has 0 aliphatic carbocycles. The molecular formula is C9H17NO4S. The minimum absolute atomic E-state index is 0.000422. The lowest BCUT2D eigenvalue weighted by atomic mass is 10.3. The fourth-order valence-corrected chi connectivity index (χ4v) is 1.82. The molecule has 3 N–H and O–H groups in total. The van der Waals surface area contributed by atoms with Gasteiger partial charge in [-0.3, -0.25) is 9.59 Å². The van der Waals surface area contributed by atoms with E-state index < -0.39 is 11.9 Å². The molecule has 0 rings (SSSR count). The summed E-state index contributed by atoms with van der Waals surface area (Å²) < 4.78 is 0. The van der Waals surface area contributed by atoms with E-state index in [0.29, 0.717) is 13.0 Å². The summed E-state index contributed by atoms with van der Waals surface area (Å²) in [6, 6.07) is 0. The SMILES string of the molecule is O=C(O)CCCCSCCNCC(=O)O. The van der Waals surface area contributed by atoms with Crippen LogP contribution in [0.3, 0.4) is 0 Å². The van der Waals surface area contributed by atoms with Crippen LogP contribution in [0.15, 0.2) is 0 Å². The monoisotopic (exact) mass is 235 g/mol. The van der Waals surface area contributed by atoms with E-state index in [0.717, 1.165) is 17.9 Å². The molecule has 0 fully saturated rings. The van der Waals surface area contributed by atoms with Gasteiger partial charge < -0.3 is 15.5 Å². The van der Waals surface area contributed by atoms with Crippen molar-refractivity contribution in [2.24, 2.45) is 0 Å². The van der Waals surface area contributed by atoms with E-state index in [1.807, 2.05) is 0 Å². The number of aliphatic carboxylic acids is 2. The summed E-state index contributed by atoms with van der Waals surface area (Å²) in [5, 5.41) is 19.5. The molecule has 0 aromatic rings. The lowest BCUT2D eigenvalue weighted by molar-refractivity contribution is -0.137. The van der Waals surface area contributed by atoms with E-state index in [4.69, 9.17) is 10.2 Å². The van der Waals surface area contributed by atoms with Crippen LogP contribution in [-0.2, 0) is 9.59 Å². The zero-order valence-electron chi connectivity index (χ0n) is 8.57. The van der Waals surface area contributed by atoms with Crippen LogP contribution in [0.1, 0.15) is 19.3 Å². The van der Waals surface area contributed by atoms with Crippen molar-refractivity contribution in [1.82, 2.24) is 5.32 Å². The van der Waals surface area contributed by atoms with E-state index in [1.54, 1.807) is 11.8 Å². The Kier molecular flexibility index (Phi) is 9.30. The van der Waals surface area contributed by atoms with Crippen molar-refractivity contribution in [3.05, 3.63) is 0 Å². The van der Waals surface area contributed by atoms with Crippen molar-refractivity contribution < 1.29 is 19.8 Å². The van der Waals surface area contributed by atoms with Crippen LogP contribution >= 0.6 is 11.8 Å². The maximum atomic E-state index is 10.2. The van der Waals surface area contributed by atoms with Gasteiger partial charge in [-0.1, -0.05) is 0 Å². The Bertz CT molecular complexity index is 179. The molecule has 5 nitrogen and oxygen atoms in total. The van der Waals surface area contributed by atoms with Crippen LogP contribution in [0, 0.1) is 0 Å². The lowest BCUT2D eigenvalue weighted by Gasteiger charge is -2.01. The summed E-state index contributed by atoms with van der Waals surface area (Å²) in [4.78, 5) is 20.3. The van der Waals surface area contributed by atoms with Gasteiger partial charge in [-0.25, -0.2) is 0 Å². The highest BCUT2D eigenvalue weighted by Crippen LogP contribution is 2.05. The van der Waals surface area contributed by atoms with Crippen molar-refractivity contribution in [3.63, 3.8) is 0 Å². The first-order valence-electron chi connectivity index (χ1n) is 4.85. The van der Waals surface area contributed by atoms with E-state index in [1.165, 1.54) is 0 Å². The predicted molar refractivity (Wildman–Crippen MR) is 59.3 cm³/mol. The molecule has 88 valence electrons. The average molecular weight is 235 g/mol. The Morgan fingerprint density at radius 2 is 1.80 bits per heavy atom. The molecular weight excluding hydrogens is 218 g/mol. The molecule has 0 amide bonds. The van der Waals surface area contributed by atoms with Crippen molar-refractivity contribution in [1.29, 1.82) is 0 Å². The van der Waals surface area contributed by atoms with Gasteiger partial charge in [0.25, 0.3) is 0 Å². The Morgan fingerprint density at radius 3 is 2.40 bits per heavy atom. The molecule has 6 heteroatoms. The van der Waals surface area contributed by atoms with Crippen LogP contribution < -0.4 is 5.32 Å². The third kappa shape index (κ3) is 13.2. The van der Waals surface area contributed by atoms with E-state index in [-0.39, 0.29) is 13.0 Å². The first-order chi connectivity index (χ1) is 7.13. The second-order valence-electron chi connectivity index (χ2n) is 3.03. The van der Waals surface area contributed by atoms with Gasteiger partial charge >= 0.3 is 11.9 Å². The Labute approximate surface area is 93.2 Å². The molecule has 0 aromatic carbocycles. The number of carboxylic acids is 2. The van der Waals surface area contributed by atoms with Crippen LogP contribution in [0.2, 0.25) is 0 Å². The number of hydrogen-bond donors (Lipinski definition) is 3. The first kappa shape index (κ1) is 14.2. The van der Waals surface area contributed by atoms with Gasteiger partial charge in [0, 0.05) is 18.7 Å². The van der Waals surface area contributed by atoms with Gasteiger partial charge in [0.2, 0.25) is 0 Å². The second kappa shape index (κ2) is 9.79. The minimum atomic E-state index is -0.846. The first-order valence-corrected chi connectivity index (χ1v) is 6.00. The smallest absolute Gasteiger partial charge is 0.317 e. The third-order valence-electron chi connectivity index (χ3n) is 1.63. The second-order valence-corrected chi connectivity index (χ2v) is 4.26. The largest absolute Gasteiger partial charge is 0.481 e. The van der Waals surface area contributed by atoms with Gasteiger partial charge in [-0.05, 0) is 18.6 Å². The zero-order chi connectivity index (χ0) is 11.5. The van der Waals surface area contributed by atoms with Crippen LogP contribution in [0.5, 0.6) is 0 Å². The summed E-state index contributed by atoms with van der Waals surface area (Å²) in [5.74, 6) is 0.201. The Hall–Kier alpha value is -0.750. The Balaban J connectivity index is 2.99. The molecule has 0 saturated heterocycles. The molecule has 0 spiro atoms. The Morgan fingerprint density at radius 1 is 1.07 bits per heavy atom. The zero-order valence-corrected chi connectivity index (χ0v) is 9.39. The molecule has 0 aromatic heterocycles. The summed E-state index contributed by atoms with van der Waals surface area (Å²) in [5.41, 5.74) is 0. The number of carbonyl (C=O) groups is 2. The minimum Gasteiger partial charge on any atom is -0.481 e. The maximum Gasteiger partial charge on any atom is 0.317 e. The predicted octanol–water partition coefficient (Wildman–Crippen LogP) is 0.649. The molecule has 0 aliphatic heterocycles. The number of rotatable bonds is 10. The topological polar surface area (TPSA) is 86.6 Å². The highest BCUT2D eigenvalue weighted by atomic mass is 32.2. The van der Waals surface area contributed by atoms with Gasteiger partial charge in [-0.2, -0.15) is 11.8 Å². The molecule has 0 unspecified atom stereocenters. The van der Waals surface area contributed by atoms with Crippen LogP contribution in [0.25, 0.3) is 0 Å². The van der Waals surface area contributed by atoms with E-state index in [9.17, 15) is 9.59 Å². The number of hydrogen-bond acceptors (Lipinski definition) is 4.